The lowest BCUT2D eigenvalue weighted by molar-refractivity contribution is -0.146. The quantitative estimate of drug-likeness (QED) is 0.295. The average molecular weight is 337 g/mol. The second kappa shape index (κ2) is 12.6. The Morgan fingerprint density at radius 1 is 0.792 bits per heavy atom. The Morgan fingerprint density at radius 2 is 1.33 bits per heavy atom. The van der Waals surface area contributed by atoms with Crippen molar-refractivity contribution in [2.45, 2.75) is 97.8 Å². The topological polar surface area (TPSA) is 37.3 Å². The van der Waals surface area contributed by atoms with E-state index in [4.69, 9.17) is 0 Å². The molecular formula is C22H40O2. The molecule has 1 aliphatic rings. The first-order valence-electron chi connectivity index (χ1n) is 10.6. The fraction of sp³-hybridized carbons (Fsp3) is 0.864. The highest BCUT2D eigenvalue weighted by atomic mass is 16.4. The second-order valence-electron chi connectivity index (χ2n) is 7.70. The first-order valence-corrected chi connectivity index (χ1v) is 10.6. The molecule has 0 saturated heterocycles. The number of hydrogen-bond acceptors (Lipinski definition) is 1. The Bertz CT molecular complexity index is 361. The number of allylic oxidation sites excluding steroid dienone is 2. The Morgan fingerprint density at radius 3 is 1.92 bits per heavy atom. The van der Waals surface area contributed by atoms with Gasteiger partial charge in [-0.05, 0) is 37.0 Å². The van der Waals surface area contributed by atoms with E-state index in [9.17, 15) is 9.90 Å². The van der Waals surface area contributed by atoms with Crippen LogP contribution >= 0.6 is 0 Å². The van der Waals surface area contributed by atoms with Gasteiger partial charge in [0.1, 0.15) is 0 Å². The molecule has 4 unspecified atom stereocenters. The zero-order valence-corrected chi connectivity index (χ0v) is 16.3. The van der Waals surface area contributed by atoms with Crippen molar-refractivity contribution >= 4 is 5.97 Å². The van der Waals surface area contributed by atoms with Crippen molar-refractivity contribution in [1.29, 1.82) is 0 Å². The van der Waals surface area contributed by atoms with Crippen LogP contribution in [0.15, 0.2) is 12.2 Å². The highest BCUT2D eigenvalue weighted by Gasteiger charge is 2.39. The van der Waals surface area contributed by atoms with E-state index in [1.807, 2.05) is 0 Å². The lowest BCUT2D eigenvalue weighted by atomic mass is 9.66. The van der Waals surface area contributed by atoms with Crippen LogP contribution < -0.4 is 0 Å². The molecule has 1 N–H and O–H groups in total. The van der Waals surface area contributed by atoms with Crippen LogP contribution in [-0.2, 0) is 4.79 Å². The SMILES string of the molecule is CCCCCCCC1C(CCCCCC)C=CC(CC)C1C(=O)O. The van der Waals surface area contributed by atoms with Gasteiger partial charge in [-0.25, -0.2) is 0 Å². The first-order chi connectivity index (χ1) is 11.7. The van der Waals surface area contributed by atoms with E-state index in [0.717, 1.165) is 12.8 Å². The van der Waals surface area contributed by atoms with E-state index in [1.54, 1.807) is 0 Å². The number of rotatable bonds is 13. The molecule has 140 valence electrons. The highest BCUT2D eigenvalue weighted by molar-refractivity contribution is 5.71. The van der Waals surface area contributed by atoms with E-state index in [0.29, 0.717) is 11.8 Å². The average Bonchev–Trinajstić information content (AvgIpc) is 2.58. The van der Waals surface area contributed by atoms with Gasteiger partial charge in [-0.15, -0.1) is 0 Å². The van der Waals surface area contributed by atoms with Crippen LogP contribution in [0.1, 0.15) is 97.8 Å². The summed E-state index contributed by atoms with van der Waals surface area (Å²) in [5, 5.41) is 9.84. The summed E-state index contributed by atoms with van der Waals surface area (Å²) in [5.74, 6) is 0.332. The summed E-state index contributed by atoms with van der Waals surface area (Å²) >= 11 is 0. The van der Waals surface area contributed by atoms with Gasteiger partial charge >= 0.3 is 5.97 Å². The smallest absolute Gasteiger partial charge is 0.307 e. The summed E-state index contributed by atoms with van der Waals surface area (Å²) in [6.07, 6.45) is 19.3. The normalized spacial score (nSPS) is 26.6. The molecule has 2 heteroatoms. The highest BCUT2D eigenvalue weighted by Crippen LogP contribution is 2.41. The lowest BCUT2D eigenvalue weighted by Crippen LogP contribution is -2.37. The third kappa shape index (κ3) is 6.99. The van der Waals surface area contributed by atoms with Gasteiger partial charge in [0.05, 0.1) is 5.92 Å². The Balaban J connectivity index is 2.67. The molecule has 0 spiro atoms. The summed E-state index contributed by atoms with van der Waals surface area (Å²) in [5.41, 5.74) is 0. The van der Waals surface area contributed by atoms with Crippen molar-refractivity contribution in [2.75, 3.05) is 0 Å². The largest absolute Gasteiger partial charge is 0.481 e. The molecular weight excluding hydrogens is 296 g/mol. The fourth-order valence-corrected chi connectivity index (χ4v) is 4.38. The summed E-state index contributed by atoms with van der Waals surface area (Å²) in [6.45, 7) is 6.61. The standard InChI is InChI=1S/C22H40O2/c1-4-7-9-11-13-15-20-19(14-12-10-8-5-2)17-16-18(6-3)21(20)22(23)24/h16-21H,4-15H2,1-3H3,(H,23,24). The van der Waals surface area contributed by atoms with Crippen LogP contribution in [-0.4, -0.2) is 11.1 Å². The Kier molecular flexibility index (Phi) is 11.1. The monoisotopic (exact) mass is 336 g/mol. The van der Waals surface area contributed by atoms with Gasteiger partial charge in [0.25, 0.3) is 0 Å². The Labute approximate surface area is 150 Å². The van der Waals surface area contributed by atoms with Gasteiger partial charge in [0.2, 0.25) is 0 Å². The number of aliphatic carboxylic acids is 1. The molecule has 24 heavy (non-hydrogen) atoms. The van der Waals surface area contributed by atoms with Crippen molar-refractivity contribution in [3.63, 3.8) is 0 Å². The fourth-order valence-electron chi connectivity index (χ4n) is 4.38. The maximum Gasteiger partial charge on any atom is 0.307 e. The molecule has 0 radical (unpaired) electrons. The van der Waals surface area contributed by atoms with Gasteiger partial charge in [0.15, 0.2) is 0 Å². The maximum absolute atomic E-state index is 12.0. The molecule has 2 nitrogen and oxygen atoms in total. The molecule has 1 aliphatic carbocycles. The van der Waals surface area contributed by atoms with E-state index < -0.39 is 5.97 Å². The molecule has 0 bridgehead atoms. The molecule has 0 aromatic rings. The minimum atomic E-state index is -0.566. The maximum atomic E-state index is 12.0. The summed E-state index contributed by atoms with van der Waals surface area (Å²) in [7, 11) is 0. The number of carboxylic acid groups (broad SMARTS) is 1. The molecule has 0 aliphatic heterocycles. The van der Waals surface area contributed by atoms with Crippen LogP contribution in [0.2, 0.25) is 0 Å². The van der Waals surface area contributed by atoms with E-state index in [1.165, 1.54) is 64.2 Å². The van der Waals surface area contributed by atoms with Crippen LogP contribution in [0.25, 0.3) is 0 Å². The number of hydrogen-bond donors (Lipinski definition) is 1. The zero-order chi connectivity index (χ0) is 17.8. The third-order valence-corrected chi connectivity index (χ3v) is 5.87. The van der Waals surface area contributed by atoms with Crippen LogP contribution in [0.5, 0.6) is 0 Å². The van der Waals surface area contributed by atoms with Crippen molar-refractivity contribution in [1.82, 2.24) is 0 Å². The third-order valence-electron chi connectivity index (χ3n) is 5.87. The predicted octanol–water partition coefficient (Wildman–Crippen LogP) is 6.85. The molecule has 1 rings (SSSR count). The van der Waals surface area contributed by atoms with Crippen molar-refractivity contribution in [3.05, 3.63) is 12.2 Å². The second-order valence-corrected chi connectivity index (χ2v) is 7.70. The van der Waals surface area contributed by atoms with Crippen molar-refractivity contribution in [3.8, 4) is 0 Å². The lowest BCUT2D eigenvalue weighted by Gasteiger charge is -2.37. The molecule has 0 aromatic carbocycles. The summed E-state index contributed by atoms with van der Waals surface area (Å²) < 4.78 is 0. The molecule has 0 aromatic heterocycles. The van der Waals surface area contributed by atoms with E-state index in [-0.39, 0.29) is 11.8 Å². The van der Waals surface area contributed by atoms with Gasteiger partial charge in [-0.1, -0.05) is 90.7 Å². The van der Waals surface area contributed by atoms with Crippen LogP contribution in [0, 0.1) is 23.7 Å². The van der Waals surface area contributed by atoms with Crippen molar-refractivity contribution in [2.24, 2.45) is 23.7 Å². The summed E-state index contributed by atoms with van der Waals surface area (Å²) in [4.78, 5) is 12.0. The minimum absolute atomic E-state index is 0.164. The number of carbonyl (C=O) groups is 1. The molecule has 0 heterocycles. The Hall–Kier alpha value is -0.790. The van der Waals surface area contributed by atoms with Crippen LogP contribution in [0.4, 0.5) is 0 Å². The summed E-state index contributed by atoms with van der Waals surface area (Å²) in [6, 6.07) is 0. The van der Waals surface area contributed by atoms with Gasteiger partial charge in [-0.3, -0.25) is 4.79 Å². The molecule has 0 fully saturated rings. The zero-order valence-electron chi connectivity index (χ0n) is 16.3. The predicted molar refractivity (Wildman–Crippen MR) is 103 cm³/mol. The number of carboxylic acids is 1. The van der Waals surface area contributed by atoms with Crippen molar-refractivity contribution < 1.29 is 9.90 Å². The molecule has 4 atom stereocenters. The van der Waals surface area contributed by atoms with Gasteiger partial charge < -0.3 is 5.11 Å². The van der Waals surface area contributed by atoms with Gasteiger partial charge in [0, 0.05) is 0 Å². The van der Waals surface area contributed by atoms with E-state index in [2.05, 4.69) is 32.9 Å². The number of unbranched alkanes of at least 4 members (excludes halogenated alkanes) is 7. The molecule has 0 amide bonds. The molecule has 0 saturated carbocycles. The van der Waals surface area contributed by atoms with Crippen LogP contribution in [0.3, 0.4) is 0 Å². The minimum Gasteiger partial charge on any atom is -0.481 e. The van der Waals surface area contributed by atoms with E-state index >= 15 is 0 Å². The van der Waals surface area contributed by atoms with Gasteiger partial charge in [-0.2, -0.15) is 0 Å². The first kappa shape index (κ1) is 21.3.